The van der Waals surface area contributed by atoms with Gasteiger partial charge in [0, 0.05) is 5.02 Å². The van der Waals surface area contributed by atoms with Crippen LogP contribution in [0.5, 0.6) is 0 Å². The van der Waals surface area contributed by atoms with Gasteiger partial charge in [0.1, 0.15) is 5.76 Å². The molecule has 0 spiro atoms. The molecule has 1 amide bonds. The second-order valence-electron chi connectivity index (χ2n) is 3.76. The molecule has 3 rings (SSSR count). The maximum Gasteiger partial charge on any atom is 0.255 e. The number of halogens is 1. The fourth-order valence-corrected chi connectivity index (χ4v) is 2.00. The molecule has 0 saturated heterocycles. The highest BCUT2D eigenvalue weighted by Crippen LogP contribution is 2.28. The lowest BCUT2D eigenvalue weighted by atomic mass is 10.1. The number of rotatable bonds is 1. The quantitative estimate of drug-likeness (QED) is 0.816. The molecule has 1 aliphatic heterocycles. The monoisotopic (exact) mass is 248 g/mol. The first kappa shape index (κ1) is 10.2. The number of carbonyl (C=O) groups excluding carboxylic acids is 1. The molecule has 2 N–H and O–H groups in total. The van der Waals surface area contributed by atoms with Crippen LogP contribution in [0.4, 0.5) is 5.69 Å². The average Bonchev–Trinajstić information content (AvgIpc) is 2.81. The smallest absolute Gasteiger partial charge is 0.255 e. The summed E-state index contributed by atoms with van der Waals surface area (Å²) in [5.74, 6) is 0.515. The van der Waals surface area contributed by atoms with Gasteiger partial charge in [-0.25, -0.2) is 0 Å². The van der Waals surface area contributed by atoms with E-state index in [0.29, 0.717) is 22.0 Å². The Morgan fingerprint density at radius 1 is 1.24 bits per heavy atom. The van der Waals surface area contributed by atoms with Crippen molar-refractivity contribution in [3.8, 4) is 0 Å². The molecule has 0 radical (unpaired) electrons. The van der Waals surface area contributed by atoms with Crippen LogP contribution in [0, 0.1) is 0 Å². The summed E-state index contributed by atoms with van der Waals surface area (Å²) in [5, 5.41) is 6.56. The molecule has 0 aliphatic carbocycles. The first-order chi connectivity index (χ1) is 8.24. The minimum atomic E-state index is -0.358. The number of fused-ring (bicyclic) bond motifs is 1. The van der Waals surface area contributed by atoms with Crippen LogP contribution in [0.1, 0.15) is 22.3 Å². The highest BCUT2D eigenvalue weighted by Gasteiger charge is 2.25. The molecule has 4 nitrogen and oxygen atoms in total. The van der Waals surface area contributed by atoms with Crippen LogP contribution >= 0.6 is 11.6 Å². The molecule has 1 aromatic carbocycles. The molecule has 1 aliphatic rings. The normalized spacial score (nSPS) is 18.2. The second-order valence-corrected chi connectivity index (χ2v) is 4.19. The summed E-state index contributed by atoms with van der Waals surface area (Å²) < 4.78 is 5.26. The molecule has 2 heterocycles. The van der Waals surface area contributed by atoms with E-state index < -0.39 is 0 Å². The van der Waals surface area contributed by atoms with Crippen LogP contribution < -0.4 is 10.6 Å². The van der Waals surface area contributed by atoms with Crippen molar-refractivity contribution in [2.45, 2.75) is 6.17 Å². The number of amides is 1. The molecule has 0 saturated carbocycles. The fourth-order valence-electron chi connectivity index (χ4n) is 1.83. The van der Waals surface area contributed by atoms with Gasteiger partial charge < -0.3 is 15.1 Å². The van der Waals surface area contributed by atoms with Crippen LogP contribution in [0.2, 0.25) is 5.02 Å². The third-order valence-electron chi connectivity index (χ3n) is 2.63. The van der Waals surface area contributed by atoms with E-state index in [9.17, 15) is 4.79 Å². The number of nitrogens with one attached hydrogen (secondary N) is 2. The molecule has 2 aromatic rings. The molecular formula is C12H9ClN2O2. The van der Waals surface area contributed by atoms with Gasteiger partial charge >= 0.3 is 0 Å². The number of carbonyl (C=O) groups is 1. The van der Waals surface area contributed by atoms with Gasteiger partial charge in [-0.2, -0.15) is 0 Å². The topological polar surface area (TPSA) is 54.3 Å². The molecular weight excluding hydrogens is 240 g/mol. The predicted molar refractivity (Wildman–Crippen MR) is 64.0 cm³/mol. The maximum atomic E-state index is 11.9. The van der Waals surface area contributed by atoms with Crippen LogP contribution in [-0.4, -0.2) is 5.91 Å². The zero-order valence-corrected chi connectivity index (χ0v) is 9.49. The number of anilines is 1. The van der Waals surface area contributed by atoms with E-state index in [1.54, 1.807) is 36.6 Å². The van der Waals surface area contributed by atoms with Crippen molar-refractivity contribution in [3.05, 3.63) is 52.9 Å². The molecule has 0 fully saturated rings. The Morgan fingerprint density at radius 2 is 2.12 bits per heavy atom. The first-order valence-electron chi connectivity index (χ1n) is 5.14. The fraction of sp³-hybridized carbons (Fsp3) is 0.0833. The molecule has 5 heteroatoms. The van der Waals surface area contributed by atoms with E-state index in [1.165, 1.54) is 0 Å². The average molecular weight is 249 g/mol. The van der Waals surface area contributed by atoms with Crippen molar-refractivity contribution < 1.29 is 9.21 Å². The van der Waals surface area contributed by atoms with E-state index in [2.05, 4.69) is 10.6 Å². The minimum absolute atomic E-state index is 0.142. The van der Waals surface area contributed by atoms with Crippen molar-refractivity contribution in [2.75, 3.05) is 5.32 Å². The van der Waals surface area contributed by atoms with Crippen LogP contribution in [-0.2, 0) is 0 Å². The van der Waals surface area contributed by atoms with Gasteiger partial charge in [-0.3, -0.25) is 4.79 Å². The van der Waals surface area contributed by atoms with Crippen molar-refractivity contribution in [2.24, 2.45) is 0 Å². The summed E-state index contributed by atoms with van der Waals surface area (Å²) in [5.41, 5.74) is 1.29. The summed E-state index contributed by atoms with van der Waals surface area (Å²) in [7, 11) is 0. The Balaban J connectivity index is 2.00. The molecule has 17 heavy (non-hydrogen) atoms. The van der Waals surface area contributed by atoms with Crippen LogP contribution in [0.25, 0.3) is 0 Å². The SMILES string of the molecule is O=C1N[C@@H](c2ccco2)Nc2cc(Cl)ccc21. The minimum Gasteiger partial charge on any atom is -0.465 e. The number of hydrogen-bond acceptors (Lipinski definition) is 3. The number of benzene rings is 1. The Labute approximate surface area is 103 Å². The maximum absolute atomic E-state index is 11.9. The highest BCUT2D eigenvalue weighted by molar-refractivity contribution is 6.31. The van der Waals surface area contributed by atoms with Gasteiger partial charge in [0.15, 0.2) is 6.17 Å². The highest BCUT2D eigenvalue weighted by atomic mass is 35.5. The van der Waals surface area contributed by atoms with Crippen molar-refractivity contribution in [3.63, 3.8) is 0 Å². The van der Waals surface area contributed by atoms with E-state index in [4.69, 9.17) is 16.0 Å². The summed E-state index contributed by atoms with van der Waals surface area (Å²) in [4.78, 5) is 11.9. The Bertz CT molecular complexity index is 566. The summed E-state index contributed by atoms with van der Waals surface area (Å²) >= 11 is 5.90. The van der Waals surface area contributed by atoms with E-state index in [-0.39, 0.29) is 12.1 Å². The lowest BCUT2D eigenvalue weighted by molar-refractivity contribution is 0.0931. The molecule has 0 bridgehead atoms. The van der Waals surface area contributed by atoms with Crippen molar-refractivity contribution in [1.82, 2.24) is 5.32 Å². The summed E-state index contributed by atoms with van der Waals surface area (Å²) in [6.45, 7) is 0. The third-order valence-corrected chi connectivity index (χ3v) is 2.86. The molecule has 0 unspecified atom stereocenters. The lowest BCUT2D eigenvalue weighted by Gasteiger charge is -2.26. The lowest BCUT2D eigenvalue weighted by Crippen LogP contribution is -2.38. The van der Waals surface area contributed by atoms with Crippen LogP contribution in [0.3, 0.4) is 0 Å². The third kappa shape index (κ3) is 1.76. The van der Waals surface area contributed by atoms with Gasteiger partial charge in [-0.1, -0.05) is 11.6 Å². The number of hydrogen-bond donors (Lipinski definition) is 2. The van der Waals surface area contributed by atoms with Crippen LogP contribution in [0.15, 0.2) is 41.0 Å². The van der Waals surface area contributed by atoms with Gasteiger partial charge in [0.25, 0.3) is 5.91 Å². The Kier molecular flexibility index (Phi) is 2.30. The summed E-state index contributed by atoms with van der Waals surface area (Å²) in [6, 6.07) is 8.68. The standard InChI is InChI=1S/C12H9ClN2O2/c13-7-3-4-8-9(6-7)14-11(15-12(8)16)10-2-1-5-17-10/h1-6,11,14H,(H,15,16)/t11-/m0/s1. The second kappa shape index (κ2) is 3.82. The van der Waals surface area contributed by atoms with E-state index in [0.717, 1.165) is 0 Å². The Morgan fingerprint density at radius 3 is 2.88 bits per heavy atom. The van der Waals surface area contributed by atoms with Gasteiger partial charge in [-0.15, -0.1) is 0 Å². The predicted octanol–water partition coefficient (Wildman–Crippen LogP) is 2.79. The largest absolute Gasteiger partial charge is 0.465 e. The van der Waals surface area contributed by atoms with E-state index >= 15 is 0 Å². The molecule has 86 valence electrons. The molecule has 1 atom stereocenters. The van der Waals surface area contributed by atoms with Gasteiger partial charge in [0.05, 0.1) is 17.5 Å². The Hall–Kier alpha value is -1.94. The summed E-state index contributed by atoms with van der Waals surface area (Å²) in [6.07, 6.45) is 1.21. The van der Waals surface area contributed by atoms with Gasteiger partial charge in [0.2, 0.25) is 0 Å². The van der Waals surface area contributed by atoms with Crippen molar-refractivity contribution >= 4 is 23.2 Å². The first-order valence-corrected chi connectivity index (χ1v) is 5.52. The zero-order chi connectivity index (χ0) is 11.8. The number of furan rings is 1. The zero-order valence-electron chi connectivity index (χ0n) is 8.74. The molecule has 1 aromatic heterocycles. The van der Waals surface area contributed by atoms with E-state index in [1.807, 2.05) is 0 Å². The van der Waals surface area contributed by atoms with Gasteiger partial charge in [-0.05, 0) is 30.3 Å². The van der Waals surface area contributed by atoms with Crippen molar-refractivity contribution in [1.29, 1.82) is 0 Å².